The Kier molecular flexibility index (Phi) is 2.97. The van der Waals surface area contributed by atoms with Gasteiger partial charge in [-0.2, -0.15) is 0 Å². The van der Waals surface area contributed by atoms with E-state index in [1.54, 1.807) is 26.1 Å². The van der Waals surface area contributed by atoms with Gasteiger partial charge in [-0.25, -0.2) is 9.97 Å². The van der Waals surface area contributed by atoms with E-state index in [9.17, 15) is 5.11 Å². The summed E-state index contributed by atoms with van der Waals surface area (Å²) in [7, 11) is 0. The Morgan fingerprint density at radius 3 is 2.62 bits per heavy atom. The number of aliphatic hydroxyl groups is 1. The van der Waals surface area contributed by atoms with Crippen LogP contribution < -0.4 is 0 Å². The van der Waals surface area contributed by atoms with E-state index in [1.807, 2.05) is 12.1 Å². The van der Waals surface area contributed by atoms with Crippen LogP contribution in [0.1, 0.15) is 19.7 Å². The SMILES string of the molecule is CC(C)(O)c1nccc(-c2ccc(Cl)s2)n1. The minimum atomic E-state index is -1.03. The highest BCUT2D eigenvalue weighted by Gasteiger charge is 2.20. The minimum Gasteiger partial charge on any atom is -0.382 e. The molecule has 2 aromatic rings. The van der Waals surface area contributed by atoms with E-state index in [4.69, 9.17) is 11.6 Å². The smallest absolute Gasteiger partial charge is 0.160 e. The lowest BCUT2D eigenvalue weighted by Crippen LogP contribution is -2.19. The second-order valence-electron chi connectivity index (χ2n) is 3.93. The highest BCUT2D eigenvalue weighted by Crippen LogP contribution is 2.30. The van der Waals surface area contributed by atoms with Crippen molar-refractivity contribution in [1.29, 1.82) is 0 Å². The van der Waals surface area contributed by atoms with E-state index >= 15 is 0 Å². The van der Waals surface area contributed by atoms with Gasteiger partial charge in [0.15, 0.2) is 5.82 Å². The first-order valence-electron chi connectivity index (χ1n) is 4.78. The molecule has 0 saturated heterocycles. The first kappa shape index (κ1) is 11.5. The number of hydrogen-bond acceptors (Lipinski definition) is 4. The third-order valence-electron chi connectivity index (χ3n) is 2.03. The summed E-state index contributed by atoms with van der Waals surface area (Å²) in [5.74, 6) is 0.412. The van der Waals surface area contributed by atoms with Crippen LogP contribution in [0.15, 0.2) is 24.4 Å². The van der Waals surface area contributed by atoms with Gasteiger partial charge in [-0.05, 0) is 32.0 Å². The van der Waals surface area contributed by atoms with Gasteiger partial charge in [-0.3, -0.25) is 0 Å². The van der Waals surface area contributed by atoms with Crippen molar-refractivity contribution in [2.45, 2.75) is 19.4 Å². The van der Waals surface area contributed by atoms with Gasteiger partial charge >= 0.3 is 0 Å². The molecule has 0 radical (unpaired) electrons. The zero-order valence-corrected chi connectivity index (χ0v) is 10.5. The first-order chi connectivity index (χ1) is 7.47. The molecule has 0 amide bonds. The fraction of sp³-hybridized carbons (Fsp3) is 0.273. The molecular weight excluding hydrogens is 244 g/mol. The monoisotopic (exact) mass is 254 g/mol. The third kappa shape index (κ3) is 2.40. The number of nitrogens with zero attached hydrogens (tertiary/aromatic N) is 2. The molecule has 3 nitrogen and oxygen atoms in total. The van der Waals surface area contributed by atoms with Gasteiger partial charge in [-0.15, -0.1) is 11.3 Å². The maximum atomic E-state index is 9.82. The van der Waals surface area contributed by atoms with Crippen LogP contribution in [0, 0.1) is 0 Å². The van der Waals surface area contributed by atoms with Crippen molar-refractivity contribution in [2.24, 2.45) is 0 Å². The summed E-state index contributed by atoms with van der Waals surface area (Å²) in [6.45, 7) is 3.32. The second kappa shape index (κ2) is 4.13. The minimum absolute atomic E-state index is 0.412. The second-order valence-corrected chi connectivity index (χ2v) is 5.64. The molecule has 1 N–H and O–H groups in total. The van der Waals surface area contributed by atoms with E-state index in [-0.39, 0.29) is 0 Å². The molecule has 0 fully saturated rings. The van der Waals surface area contributed by atoms with Crippen LogP contribution >= 0.6 is 22.9 Å². The highest BCUT2D eigenvalue weighted by molar-refractivity contribution is 7.19. The number of aromatic nitrogens is 2. The first-order valence-corrected chi connectivity index (χ1v) is 5.98. The molecule has 0 aliphatic rings. The summed E-state index contributed by atoms with van der Waals surface area (Å²) in [5, 5.41) is 9.82. The maximum Gasteiger partial charge on any atom is 0.160 e. The summed E-state index contributed by atoms with van der Waals surface area (Å²) in [5.41, 5.74) is -0.249. The Morgan fingerprint density at radius 1 is 1.31 bits per heavy atom. The number of halogens is 1. The van der Waals surface area contributed by atoms with Crippen molar-refractivity contribution in [3.8, 4) is 10.6 Å². The Morgan fingerprint density at radius 2 is 2.06 bits per heavy atom. The van der Waals surface area contributed by atoms with Gasteiger partial charge in [0.25, 0.3) is 0 Å². The van der Waals surface area contributed by atoms with Crippen molar-refractivity contribution in [3.63, 3.8) is 0 Å². The molecule has 0 unspecified atom stereocenters. The lowest BCUT2D eigenvalue weighted by Gasteiger charge is -2.15. The molecule has 0 bridgehead atoms. The molecule has 0 aliphatic heterocycles. The van der Waals surface area contributed by atoms with Crippen molar-refractivity contribution in [3.05, 3.63) is 34.6 Å². The van der Waals surface area contributed by atoms with E-state index in [1.165, 1.54) is 11.3 Å². The van der Waals surface area contributed by atoms with Crippen LogP contribution in [0.3, 0.4) is 0 Å². The van der Waals surface area contributed by atoms with E-state index in [0.717, 1.165) is 14.9 Å². The summed E-state index contributed by atoms with van der Waals surface area (Å²) >= 11 is 7.32. The predicted octanol–water partition coefficient (Wildman–Crippen LogP) is 3.09. The topological polar surface area (TPSA) is 46.0 Å². The summed E-state index contributed by atoms with van der Waals surface area (Å²) in [6.07, 6.45) is 1.64. The van der Waals surface area contributed by atoms with E-state index in [0.29, 0.717) is 5.82 Å². The molecule has 2 heterocycles. The van der Waals surface area contributed by atoms with E-state index < -0.39 is 5.60 Å². The van der Waals surface area contributed by atoms with E-state index in [2.05, 4.69) is 9.97 Å². The number of hydrogen-bond donors (Lipinski definition) is 1. The Labute approximate surface area is 103 Å². The summed E-state index contributed by atoms with van der Waals surface area (Å²) < 4.78 is 0.721. The molecule has 0 saturated carbocycles. The molecule has 84 valence electrons. The normalized spacial score (nSPS) is 11.8. The predicted molar refractivity (Wildman–Crippen MR) is 65.6 cm³/mol. The average molecular weight is 255 g/mol. The van der Waals surface area contributed by atoms with Crippen molar-refractivity contribution < 1.29 is 5.11 Å². The molecule has 5 heteroatoms. The maximum absolute atomic E-state index is 9.82. The van der Waals surface area contributed by atoms with Crippen LogP contribution in [-0.4, -0.2) is 15.1 Å². The fourth-order valence-electron chi connectivity index (χ4n) is 1.24. The summed E-state index contributed by atoms with van der Waals surface area (Å²) in [6, 6.07) is 5.54. The van der Waals surface area contributed by atoms with Crippen LogP contribution in [-0.2, 0) is 5.60 Å². The zero-order chi connectivity index (χ0) is 11.8. The lowest BCUT2D eigenvalue weighted by molar-refractivity contribution is 0.0688. The average Bonchev–Trinajstić information content (AvgIpc) is 2.64. The van der Waals surface area contributed by atoms with Crippen LogP contribution in [0.2, 0.25) is 4.34 Å². The van der Waals surface area contributed by atoms with Gasteiger partial charge in [0.2, 0.25) is 0 Å². The largest absolute Gasteiger partial charge is 0.382 e. The summed E-state index contributed by atoms with van der Waals surface area (Å²) in [4.78, 5) is 9.34. The molecular formula is C11H11ClN2OS. The molecule has 0 aliphatic carbocycles. The number of rotatable bonds is 2. The van der Waals surface area contributed by atoms with Crippen LogP contribution in [0.25, 0.3) is 10.6 Å². The van der Waals surface area contributed by atoms with Crippen molar-refractivity contribution in [2.75, 3.05) is 0 Å². The zero-order valence-electron chi connectivity index (χ0n) is 8.94. The van der Waals surface area contributed by atoms with Gasteiger partial charge < -0.3 is 5.11 Å². The highest BCUT2D eigenvalue weighted by atomic mass is 35.5. The lowest BCUT2D eigenvalue weighted by atomic mass is 10.1. The molecule has 0 aromatic carbocycles. The number of thiophene rings is 1. The van der Waals surface area contributed by atoms with Gasteiger partial charge in [0.05, 0.1) is 14.9 Å². The van der Waals surface area contributed by atoms with Gasteiger partial charge in [0, 0.05) is 6.20 Å². The van der Waals surface area contributed by atoms with Crippen molar-refractivity contribution in [1.82, 2.24) is 9.97 Å². The van der Waals surface area contributed by atoms with Crippen LogP contribution in [0.4, 0.5) is 0 Å². The molecule has 16 heavy (non-hydrogen) atoms. The molecule has 2 aromatic heterocycles. The Balaban J connectivity index is 2.44. The standard InChI is InChI=1S/C11H11ClN2OS/c1-11(2,15)10-13-6-5-7(14-10)8-3-4-9(12)16-8/h3-6,15H,1-2H3. The van der Waals surface area contributed by atoms with Gasteiger partial charge in [-0.1, -0.05) is 11.6 Å². The van der Waals surface area contributed by atoms with Gasteiger partial charge in [0.1, 0.15) is 5.60 Å². The van der Waals surface area contributed by atoms with Crippen LogP contribution in [0.5, 0.6) is 0 Å². The fourth-order valence-corrected chi connectivity index (χ4v) is 2.26. The molecule has 0 spiro atoms. The molecule has 0 atom stereocenters. The Hall–Kier alpha value is -0.970. The molecule has 2 rings (SSSR count). The quantitative estimate of drug-likeness (QED) is 0.896. The third-order valence-corrected chi connectivity index (χ3v) is 3.28. The van der Waals surface area contributed by atoms with Crippen molar-refractivity contribution >= 4 is 22.9 Å². The Bertz CT molecular complexity index is 505.